The van der Waals surface area contributed by atoms with Crippen molar-refractivity contribution < 1.29 is 30.4 Å². The normalized spacial score (nSPS) is 21.3. The van der Waals surface area contributed by atoms with Gasteiger partial charge in [-0.05, 0) is 11.1 Å². The Balaban J connectivity index is 0.000000155. The SMILES string of the molecule is O=C([O-])C(=O)[O-].c1ccc(C2C[NH2+]C(c3ccccc3)C2)cc1.c1ccc(C2C[NH2+]C(c3ccccc3)C2)cc1. The van der Waals surface area contributed by atoms with Crippen molar-refractivity contribution in [2.24, 2.45) is 0 Å². The molecular weight excluding hydrogens is 500 g/mol. The molecule has 2 heterocycles. The third-order valence-corrected chi connectivity index (χ3v) is 7.65. The molecule has 4 unspecified atom stereocenters. The second-order valence-corrected chi connectivity index (χ2v) is 10.2. The lowest BCUT2D eigenvalue weighted by Gasteiger charge is -2.07. The zero-order chi connectivity index (χ0) is 28.2. The van der Waals surface area contributed by atoms with Gasteiger partial charge in [-0.15, -0.1) is 0 Å². The number of carboxylic acid groups (broad SMARTS) is 2. The minimum absolute atomic E-state index is 0.640. The number of quaternary nitrogens is 2. The molecule has 0 radical (unpaired) electrons. The Labute approximate surface area is 235 Å². The van der Waals surface area contributed by atoms with E-state index in [0.717, 1.165) is 0 Å². The number of carbonyl (C=O) groups excluding carboxylic acids is 2. The van der Waals surface area contributed by atoms with Gasteiger partial charge in [-0.2, -0.15) is 0 Å². The predicted octanol–water partition coefficient (Wildman–Crippen LogP) is 1.44. The van der Waals surface area contributed by atoms with Crippen molar-refractivity contribution in [2.75, 3.05) is 13.1 Å². The summed E-state index contributed by atoms with van der Waals surface area (Å²) in [6.07, 6.45) is 2.52. The molecule has 6 rings (SSSR count). The van der Waals surface area contributed by atoms with Gasteiger partial charge in [0.2, 0.25) is 0 Å². The van der Waals surface area contributed by atoms with E-state index in [0.29, 0.717) is 23.9 Å². The maximum absolute atomic E-state index is 8.93. The number of hydrogen-bond acceptors (Lipinski definition) is 4. The summed E-state index contributed by atoms with van der Waals surface area (Å²) in [6.45, 7) is 2.42. The van der Waals surface area contributed by atoms with E-state index in [1.54, 1.807) is 0 Å². The van der Waals surface area contributed by atoms with Gasteiger partial charge in [0.1, 0.15) is 12.1 Å². The zero-order valence-corrected chi connectivity index (χ0v) is 22.5. The molecule has 2 aliphatic heterocycles. The van der Waals surface area contributed by atoms with Crippen LogP contribution in [0.2, 0.25) is 0 Å². The van der Waals surface area contributed by atoms with Gasteiger partial charge in [0, 0.05) is 35.8 Å². The van der Waals surface area contributed by atoms with E-state index in [1.807, 2.05) is 0 Å². The lowest BCUT2D eigenvalue weighted by molar-refractivity contribution is -0.677. The van der Waals surface area contributed by atoms with Crippen LogP contribution < -0.4 is 20.8 Å². The number of carbonyl (C=O) groups is 2. The van der Waals surface area contributed by atoms with Crippen molar-refractivity contribution in [3.05, 3.63) is 144 Å². The quantitative estimate of drug-likeness (QED) is 0.384. The van der Waals surface area contributed by atoms with Gasteiger partial charge in [0.05, 0.1) is 25.0 Å². The Bertz CT molecular complexity index is 1120. The molecule has 6 nitrogen and oxygen atoms in total. The van der Waals surface area contributed by atoms with E-state index in [9.17, 15) is 0 Å². The average Bonchev–Trinajstić information content (AvgIpc) is 3.71. The van der Waals surface area contributed by atoms with Crippen LogP contribution in [0.15, 0.2) is 121 Å². The number of nitrogens with two attached hydrogens (primary N) is 2. The number of carboxylic acids is 2. The molecule has 0 saturated carbocycles. The Morgan fingerprint density at radius 2 is 0.750 bits per heavy atom. The van der Waals surface area contributed by atoms with Gasteiger partial charge in [-0.25, -0.2) is 0 Å². The topological polar surface area (TPSA) is 113 Å². The van der Waals surface area contributed by atoms with Gasteiger partial charge in [-0.3, -0.25) is 0 Å². The Hall–Kier alpha value is -4.26. The summed E-state index contributed by atoms with van der Waals surface area (Å²) in [5, 5.41) is 22.8. The number of rotatable bonds is 4. The van der Waals surface area contributed by atoms with E-state index >= 15 is 0 Å². The van der Waals surface area contributed by atoms with Gasteiger partial charge >= 0.3 is 0 Å². The fraction of sp³-hybridized carbons (Fsp3) is 0.235. The summed E-state index contributed by atoms with van der Waals surface area (Å²) in [5.41, 5.74) is 5.90. The van der Waals surface area contributed by atoms with Crippen molar-refractivity contribution in [3.63, 3.8) is 0 Å². The largest absolute Gasteiger partial charge is 0.543 e. The van der Waals surface area contributed by atoms with Crippen LogP contribution in [0.3, 0.4) is 0 Å². The fourth-order valence-corrected chi connectivity index (χ4v) is 5.59. The Kier molecular flexibility index (Phi) is 10.6. The standard InChI is InChI=1S/2C16H17N.C2H2O4/c2*1-3-7-13(8-4-1)15-11-16(17-12-15)14-9-5-2-6-10-14;3-1(4)2(5)6/h2*1-10,15-17H,11-12H2;(H,3,4)(H,5,6). The Morgan fingerprint density at radius 1 is 0.475 bits per heavy atom. The van der Waals surface area contributed by atoms with Crippen LogP contribution >= 0.6 is 0 Å². The Morgan fingerprint density at radius 3 is 1.02 bits per heavy atom. The monoisotopic (exact) mass is 536 g/mol. The summed E-state index contributed by atoms with van der Waals surface area (Å²) in [6, 6.07) is 44.8. The molecule has 40 heavy (non-hydrogen) atoms. The van der Waals surface area contributed by atoms with Crippen molar-refractivity contribution in [1.29, 1.82) is 0 Å². The molecule has 0 amide bonds. The molecule has 0 bridgehead atoms. The second-order valence-electron chi connectivity index (χ2n) is 10.2. The highest BCUT2D eigenvalue weighted by molar-refractivity contribution is 6.25. The first-order valence-electron chi connectivity index (χ1n) is 13.8. The summed E-state index contributed by atoms with van der Waals surface area (Å²) in [4.78, 5) is 17.9. The minimum Gasteiger partial charge on any atom is -0.543 e. The molecule has 206 valence electrons. The summed E-state index contributed by atoms with van der Waals surface area (Å²) >= 11 is 0. The van der Waals surface area contributed by atoms with Crippen molar-refractivity contribution in [3.8, 4) is 0 Å². The highest BCUT2D eigenvalue weighted by Gasteiger charge is 2.30. The summed E-state index contributed by atoms with van der Waals surface area (Å²) in [7, 11) is 0. The van der Waals surface area contributed by atoms with Crippen molar-refractivity contribution >= 4 is 11.9 Å². The molecule has 4 atom stereocenters. The van der Waals surface area contributed by atoms with Crippen LogP contribution in [0, 0.1) is 0 Å². The van der Waals surface area contributed by atoms with Gasteiger partial charge < -0.3 is 30.4 Å². The minimum atomic E-state index is -2.19. The molecule has 2 aliphatic rings. The van der Waals surface area contributed by atoms with Crippen LogP contribution in [0.5, 0.6) is 0 Å². The number of aliphatic carboxylic acids is 2. The first-order valence-corrected chi connectivity index (χ1v) is 13.8. The van der Waals surface area contributed by atoms with Gasteiger partial charge in [-0.1, -0.05) is 121 Å². The lowest BCUT2D eigenvalue weighted by atomic mass is 9.94. The van der Waals surface area contributed by atoms with Crippen LogP contribution in [-0.2, 0) is 9.59 Å². The van der Waals surface area contributed by atoms with Crippen LogP contribution in [0.1, 0.15) is 59.0 Å². The second kappa shape index (κ2) is 14.8. The zero-order valence-electron chi connectivity index (χ0n) is 22.5. The molecule has 2 saturated heterocycles. The van der Waals surface area contributed by atoms with E-state index in [2.05, 4.69) is 132 Å². The molecular formula is C34H36N2O4. The van der Waals surface area contributed by atoms with Crippen molar-refractivity contribution in [1.82, 2.24) is 0 Å². The predicted molar refractivity (Wildman–Crippen MR) is 150 cm³/mol. The molecule has 0 spiro atoms. The van der Waals surface area contributed by atoms with Crippen molar-refractivity contribution in [2.45, 2.75) is 36.8 Å². The molecule has 2 fully saturated rings. The number of benzene rings is 4. The highest BCUT2D eigenvalue weighted by atomic mass is 16.4. The maximum Gasteiger partial charge on any atom is 0.112 e. The maximum atomic E-state index is 8.93. The van der Waals surface area contributed by atoms with Crippen LogP contribution in [0.25, 0.3) is 0 Å². The average molecular weight is 537 g/mol. The first-order chi connectivity index (χ1) is 19.5. The smallest absolute Gasteiger partial charge is 0.112 e. The molecule has 4 N–H and O–H groups in total. The van der Waals surface area contributed by atoms with Gasteiger partial charge in [0.15, 0.2) is 0 Å². The van der Waals surface area contributed by atoms with E-state index in [1.165, 1.54) is 48.2 Å². The van der Waals surface area contributed by atoms with Gasteiger partial charge in [0.25, 0.3) is 0 Å². The summed E-state index contributed by atoms with van der Waals surface area (Å²) in [5.74, 6) is -2.95. The molecule has 0 aliphatic carbocycles. The molecule has 0 aromatic heterocycles. The number of hydrogen-bond donors (Lipinski definition) is 2. The van der Waals surface area contributed by atoms with E-state index < -0.39 is 11.9 Å². The summed E-state index contributed by atoms with van der Waals surface area (Å²) < 4.78 is 0. The van der Waals surface area contributed by atoms with E-state index in [4.69, 9.17) is 19.8 Å². The third kappa shape index (κ3) is 8.37. The highest BCUT2D eigenvalue weighted by Crippen LogP contribution is 2.29. The lowest BCUT2D eigenvalue weighted by Crippen LogP contribution is -2.82. The molecule has 4 aromatic carbocycles. The fourth-order valence-electron chi connectivity index (χ4n) is 5.59. The first kappa shape index (κ1) is 28.7. The van der Waals surface area contributed by atoms with Crippen LogP contribution in [0.4, 0.5) is 0 Å². The van der Waals surface area contributed by atoms with E-state index in [-0.39, 0.29) is 0 Å². The molecule has 4 aromatic rings. The van der Waals surface area contributed by atoms with Crippen LogP contribution in [-0.4, -0.2) is 25.0 Å². The third-order valence-electron chi connectivity index (χ3n) is 7.65. The molecule has 6 heteroatoms.